The first kappa shape index (κ1) is 15.7. The van der Waals surface area contributed by atoms with E-state index >= 15 is 0 Å². The molecule has 0 atom stereocenters. The standard InChI is InChI=1S/C15H21N3O2S/c1-10(2)18(7-13-6-5-12(4)20-13)8-14(19)17-15-16-11(3)9-21-15/h5-6,9-10H,7-8H2,1-4H3,(H,16,17,19). The number of rotatable bonds is 6. The zero-order chi connectivity index (χ0) is 15.4. The van der Waals surface area contributed by atoms with Gasteiger partial charge in [-0.2, -0.15) is 0 Å². The van der Waals surface area contributed by atoms with Gasteiger partial charge in [-0.15, -0.1) is 11.3 Å². The molecule has 0 bridgehead atoms. The summed E-state index contributed by atoms with van der Waals surface area (Å²) in [5.41, 5.74) is 0.919. The minimum absolute atomic E-state index is 0.0543. The Labute approximate surface area is 129 Å². The van der Waals surface area contributed by atoms with E-state index in [-0.39, 0.29) is 11.9 Å². The van der Waals surface area contributed by atoms with Gasteiger partial charge in [0.2, 0.25) is 5.91 Å². The highest BCUT2D eigenvalue weighted by Gasteiger charge is 2.17. The Kier molecular flexibility index (Phi) is 5.14. The second-order valence-electron chi connectivity index (χ2n) is 5.35. The third kappa shape index (κ3) is 4.68. The van der Waals surface area contributed by atoms with Gasteiger partial charge in [-0.25, -0.2) is 4.98 Å². The van der Waals surface area contributed by atoms with Crippen LogP contribution in [0.2, 0.25) is 0 Å². The van der Waals surface area contributed by atoms with Crippen molar-refractivity contribution < 1.29 is 9.21 Å². The van der Waals surface area contributed by atoms with Gasteiger partial charge in [-0.05, 0) is 39.8 Å². The Morgan fingerprint density at radius 2 is 2.19 bits per heavy atom. The first-order valence-corrected chi connectivity index (χ1v) is 7.83. The van der Waals surface area contributed by atoms with E-state index in [9.17, 15) is 4.79 Å². The lowest BCUT2D eigenvalue weighted by Gasteiger charge is -2.24. The van der Waals surface area contributed by atoms with Gasteiger partial charge in [0, 0.05) is 11.4 Å². The molecule has 114 valence electrons. The number of carbonyl (C=O) groups is 1. The summed E-state index contributed by atoms with van der Waals surface area (Å²) in [4.78, 5) is 18.4. The van der Waals surface area contributed by atoms with Crippen LogP contribution >= 0.6 is 11.3 Å². The molecule has 0 saturated heterocycles. The molecule has 0 aliphatic heterocycles. The van der Waals surface area contributed by atoms with Gasteiger partial charge in [-0.1, -0.05) is 0 Å². The second-order valence-corrected chi connectivity index (χ2v) is 6.21. The molecular formula is C15H21N3O2S. The highest BCUT2D eigenvalue weighted by Crippen LogP contribution is 2.15. The summed E-state index contributed by atoms with van der Waals surface area (Å²) < 4.78 is 5.58. The molecule has 0 unspecified atom stereocenters. The highest BCUT2D eigenvalue weighted by atomic mass is 32.1. The first-order chi connectivity index (χ1) is 9.94. The van der Waals surface area contributed by atoms with Gasteiger partial charge >= 0.3 is 0 Å². The molecule has 5 nitrogen and oxygen atoms in total. The lowest BCUT2D eigenvalue weighted by Crippen LogP contribution is -2.37. The third-order valence-corrected chi connectivity index (χ3v) is 3.97. The van der Waals surface area contributed by atoms with E-state index in [0.29, 0.717) is 18.2 Å². The van der Waals surface area contributed by atoms with E-state index in [1.165, 1.54) is 11.3 Å². The van der Waals surface area contributed by atoms with Crippen LogP contribution in [0.15, 0.2) is 21.9 Å². The maximum atomic E-state index is 12.1. The minimum atomic E-state index is -0.0543. The number of amides is 1. The van der Waals surface area contributed by atoms with Crippen molar-refractivity contribution in [1.82, 2.24) is 9.88 Å². The summed E-state index contributed by atoms with van der Waals surface area (Å²) in [6, 6.07) is 4.14. The Morgan fingerprint density at radius 3 is 2.71 bits per heavy atom. The Morgan fingerprint density at radius 1 is 1.43 bits per heavy atom. The summed E-state index contributed by atoms with van der Waals surface area (Å²) in [6.07, 6.45) is 0. The molecule has 0 saturated carbocycles. The largest absolute Gasteiger partial charge is 0.465 e. The average molecular weight is 307 g/mol. The number of thiazole rings is 1. The SMILES string of the molecule is Cc1csc(NC(=O)CN(Cc2ccc(C)o2)C(C)C)n1. The molecule has 0 fully saturated rings. The normalized spacial score (nSPS) is 11.3. The zero-order valence-electron chi connectivity index (χ0n) is 12.8. The number of nitrogens with one attached hydrogen (secondary N) is 1. The maximum absolute atomic E-state index is 12.1. The molecule has 6 heteroatoms. The van der Waals surface area contributed by atoms with Crippen LogP contribution in [0.1, 0.15) is 31.1 Å². The van der Waals surface area contributed by atoms with Crippen LogP contribution < -0.4 is 5.32 Å². The van der Waals surface area contributed by atoms with E-state index in [2.05, 4.69) is 29.0 Å². The number of anilines is 1. The minimum Gasteiger partial charge on any atom is -0.465 e. The molecule has 2 aromatic rings. The van der Waals surface area contributed by atoms with Crippen molar-refractivity contribution in [2.24, 2.45) is 0 Å². The molecule has 1 amide bonds. The Bertz CT molecular complexity index is 604. The fourth-order valence-corrected chi connectivity index (χ4v) is 2.65. The molecule has 2 heterocycles. The van der Waals surface area contributed by atoms with Crippen molar-refractivity contribution in [1.29, 1.82) is 0 Å². The smallest absolute Gasteiger partial charge is 0.240 e. The van der Waals surface area contributed by atoms with Gasteiger partial charge in [0.1, 0.15) is 11.5 Å². The second kappa shape index (κ2) is 6.87. The number of hydrogen-bond donors (Lipinski definition) is 1. The Balaban J connectivity index is 1.94. The molecule has 21 heavy (non-hydrogen) atoms. The van der Waals surface area contributed by atoms with Gasteiger partial charge in [0.15, 0.2) is 5.13 Å². The average Bonchev–Trinajstić information content (AvgIpc) is 2.97. The van der Waals surface area contributed by atoms with Crippen molar-refractivity contribution in [3.63, 3.8) is 0 Å². The molecule has 0 aromatic carbocycles. The zero-order valence-corrected chi connectivity index (χ0v) is 13.7. The van der Waals surface area contributed by atoms with Gasteiger partial charge in [0.25, 0.3) is 0 Å². The number of furan rings is 1. The molecule has 0 spiro atoms. The molecule has 0 radical (unpaired) electrons. The molecule has 0 aliphatic carbocycles. The van der Waals surface area contributed by atoms with Crippen LogP contribution in [0.25, 0.3) is 0 Å². The topological polar surface area (TPSA) is 58.4 Å². The number of carbonyl (C=O) groups excluding carboxylic acids is 1. The Hall–Kier alpha value is -1.66. The van der Waals surface area contributed by atoms with Gasteiger partial charge in [0.05, 0.1) is 18.8 Å². The molecule has 2 rings (SSSR count). The van der Waals surface area contributed by atoms with Crippen LogP contribution in [0.4, 0.5) is 5.13 Å². The fraction of sp³-hybridized carbons (Fsp3) is 0.467. The predicted octanol–water partition coefficient (Wildman–Crippen LogP) is 3.20. The van der Waals surface area contributed by atoms with Crippen LogP contribution in [0, 0.1) is 13.8 Å². The van der Waals surface area contributed by atoms with E-state index in [0.717, 1.165) is 17.2 Å². The van der Waals surface area contributed by atoms with Crippen molar-refractivity contribution in [2.45, 2.75) is 40.3 Å². The summed E-state index contributed by atoms with van der Waals surface area (Å²) in [6.45, 7) is 8.89. The first-order valence-electron chi connectivity index (χ1n) is 6.95. The molecule has 0 aliphatic rings. The predicted molar refractivity (Wildman–Crippen MR) is 84.5 cm³/mol. The lowest BCUT2D eigenvalue weighted by molar-refractivity contribution is -0.117. The summed E-state index contributed by atoms with van der Waals surface area (Å²) in [7, 11) is 0. The summed E-state index contributed by atoms with van der Waals surface area (Å²) in [5, 5.41) is 5.40. The number of aryl methyl sites for hydroxylation is 2. The van der Waals surface area contributed by atoms with Crippen molar-refractivity contribution in [3.05, 3.63) is 34.7 Å². The van der Waals surface area contributed by atoms with E-state index in [1.807, 2.05) is 31.4 Å². The fourth-order valence-electron chi connectivity index (χ4n) is 1.95. The molecular weight excluding hydrogens is 286 g/mol. The van der Waals surface area contributed by atoms with Gasteiger partial charge in [-0.3, -0.25) is 9.69 Å². The van der Waals surface area contributed by atoms with Crippen molar-refractivity contribution in [3.8, 4) is 0 Å². The van der Waals surface area contributed by atoms with E-state index in [4.69, 9.17) is 4.42 Å². The summed E-state index contributed by atoms with van der Waals surface area (Å²) >= 11 is 1.44. The highest BCUT2D eigenvalue weighted by molar-refractivity contribution is 7.13. The number of aromatic nitrogens is 1. The van der Waals surface area contributed by atoms with Gasteiger partial charge < -0.3 is 9.73 Å². The quantitative estimate of drug-likeness (QED) is 0.890. The third-order valence-electron chi connectivity index (χ3n) is 3.10. The van der Waals surface area contributed by atoms with E-state index in [1.54, 1.807) is 0 Å². The van der Waals surface area contributed by atoms with Crippen LogP contribution in [0.5, 0.6) is 0 Å². The lowest BCUT2D eigenvalue weighted by atomic mass is 10.3. The number of hydrogen-bond acceptors (Lipinski definition) is 5. The van der Waals surface area contributed by atoms with E-state index < -0.39 is 0 Å². The van der Waals surface area contributed by atoms with Crippen LogP contribution in [0.3, 0.4) is 0 Å². The summed E-state index contributed by atoms with van der Waals surface area (Å²) in [5.74, 6) is 1.71. The van der Waals surface area contributed by atoms with Crippen LogP contribution in [-0.4, -0.2) is 28.4 Å². The monoisotopic (exact) mass is 307 g/mol. The molecule has 1 N–H and O–H groups in total. The molecule has 2 aromatic heterocycles. The van der Waals surface area contributed by atoms with Crippen molar-refractivity contribution in [2.75, 3.05) is 11.9 Å². The maximum Gasteiger partial charge on any atom is 0.240 e. The van der Waals surface area contributed by atoms with Crippen molar-refractivity contribution >= 4 is 22.4 Å². The number of nitrogens with zero attached hydrogens (tertiary/aromatic N) is 2. The van der Waals surface area contributed by atoms with Crippen LogP contribution in [-0.2, 0) is 11.3 Å².